The van der Waals surface area contributed by atoms with Crippen molar-refractivity contribution in [1.82, 2.24) is 14.2 Å². The SMILES string of the molecule is CN1CCO[C@@H](CN(C)S(=O)(=O)c2cncc(C#N)c2)[C@@H]1c1ccccc1. The maximum absolute atomic E-state index is 12.9. The number of nitriles is 1. The third-order valence-electron chi connectivity index (χ3n) is 4.73. The summed E-state index contributed by atoms with van der Waals surface area (Å²) >= 11 is 0. The van der Waals surface area contributed by atoms with Gasteiger partial charge in [-0.15, -0.1) is 0 Å². The maximum Gasteiger partial charge on any atom is 0.244 e. The van der Waals surface area contributed by atoms with E-state index in [1.165, 1.54) is 29.8 Å². The Morgan fingerprint density at radius 1 is 1.33 bits per heavy atom. The van der Waals surface area contributed by atoms with Crippen molar-refractivity contribution in [2.24, 2.45) is 0 Å². The van der Waals surface area contributed by atoms with Crippen molar-refractivity contribution >= 4 is 10.0 Å². The van der Waals surface area contributed by atoms with Gasteiger partial charge in [0.05, 0.1) is 24.3 Å². The Balaban J connectivity index is 1.84. The quantitative estimate of drug-likeness (QED) is 0.777. The summed E-state index contributed by atoms with van der Waals surface area (Å²) in [4.78, 5) is 6.04. The molecule has 0 unspecified atom stereocenters. The van der Waals surface area contributed by atoms with Crippen LogP contribution in [0.15, 0.2) is 53.7 Å². The van der Waals surface area contributed by atoms with Gasteiger partial charge in [0, 0.05) is 32.5 Å². The second kappa shape index (κ2) is 8.15. The maximum atomic E-state index is 12.9. The molecule has 142 valence electrons. The zero-order valence-corrected chi connectivity index (χ0v) is 16.1. The molecule has 0 bridgehead atoms. The molecule has 1 fully saturated rings. The highest BCUT2D eigenvalue weighted by Gasteiger charge is 2.34. The van der Waals surface area contributed by atoms with Gasteiger partial charge in [-0.05, 0) is 18.7 Å². The van der Waals surface area contributed by atoms with Gasteiger partial charge in [-0.2, -0.15) is 9.57 Å². The van der Waals surface area contributed by atoms with Crippen molar-refractivity contribution in [3.05, 3.63) is 59.9 Å². The highest BCUT2D eigenvalue weighted by molar-refractivity contribution is 7.89. The molecule has 7 nitrogen and oxygen atoms in total. The second-order valence-corrected chi connectivity index (χ2v) is 8.60. The molecule has 2 aromatic rings. The molecule has 1 saturated heterocycles. The van der Waals surface area contributed by atoms with Crippen molar-refractivity contribution in [2.75, 3.05) is 33.8 Å². The number of hydrogen-bond acceptors (Lipinski definition) is 6. The number of nitrogens with zero attached hydrogens (tertiary/aromatic N) is 4. The van der Waals surface area contributed by atoms with Crippen molar-refractivity contribution in [2.45, 2.75) is 17.0 Å². The molecule has 0 N–H and O–H groups in total. The Hall–Kier alpha value is -2.31. The van der Waals surface area contributed by atoms with Crippen molar-refractivity contribution < 1.29 is 13.2 Å². The molecule has 1 aliphatic heterocycles. The van der Waals surface area contributed by atoms with Crippen LogP contribution in [0.5, 0.6) is 0 Å². The molecule has 0 radical (unpaired) electrons. The fourth-order valence-electron chi connectivity index (χ4n) is 3.29. The number of sulfonamides is 1. The molecule has 1 aliphatic rings. The number of morpholine rings is 1. The van der Waals surface area contributed by atoms with E-state index < -0.39 is 10.0 Å². The van der Waals surface area contributed by atoms with E-state index in [0.717, 1.165) is 12.1 Å². The molecule has 27 heavy (non-hydrogen) atoms. The highest BCUT2D eigenvalue weighted by atomic mass is 32.2. The molecular formula is C19H22N4O3S. The smallest absolute Gasteiger partial charge is 0.244 e. The topological polar surface area (TPSA) is 86.5 Å². The standard InChI is InChI=1S/C19H22N4O3S/c1-22-8-9-26-18(19(22)16-6-4-3-5-7-16)14-23(2)27(24,25)17-10-15(11-20)12-21-13-17/h3-7,10,12-13,18-19H,8-9,14H2,1-2H3/t18-,19-/m0/s1. The van der Waals surface area contributed by atoms with E-state index in [-0.39, 0.29) is 29.1 Å². The van der Waals surface area contributed by atoms with Gasteiger partial charge in [0.2, 0.25) is 10.0 Å². The van der Waals surface area contributed by atoms with Gasteiger partial charge in [0.1, 0.15) is 11.0 Å². The van der Waals surface area contributed by atoms with Crippen LogP contribution in [0.3, 0.4) is 0 Å². The van der Waals surface area contributed by atoms with Crippen LogP contribution in [0.4, 0.5) is 0 Å². The van der Waals surface area contributed by atoms with Crippen LogP contribution < -0.4 is 0 Å². The summed E-state index contributed by atoms with van der Waals surface area (Å²) in [6, 6.07) is 13.1. The third kappa shape index (κ3) is 4.17. The Morgan fingerprint density at radius 3 is 2.78 bits per heavy atom. The lowest BCUT2D eigenvalue weighted by atomic mass is 9.98. The number of rotatable bonds is 5. The number of pyridine rings is 1. The van der Waals surface area contributed by atoms with Gasteiger partial charge in [-0.3, -0.25) is 9.88 Å². The van der Waals surface area contributed by atoms with Crippen LogP contribution in [0.25, 0.3) is 0 Å². The van der Waals surface area contributed by atoms with Gasteiger partial charge >= 0.3 is 0 Å². The summed E-state index contributed by atoms with van der Waals surface area (Å²) in [6.07, 6.45) is 2.29. The van der Waals surface area contributed by atoms with E-state index in [9.17, 15) is 8.42 Å². The summed E-state index contributed by atoms with van der Waals surface area (Å²) in [7, 11) is -0.235. The minimum Gasteiger partial charge on any atom is -0.374 e. The van der Waals surface area contributed by atoms with Crippen molar-refractivity contribution in [3.63, 3.8) is 0 Å². The largest absolute Gasteiger partial charge is 0.374 e. The van der Waals surface area contributed by atoms with E-state index in [2.05, 4.69) is 9.88 Å². The molecule has 8 heteroatoms. The number of aromatic nitrogens is 1. The fourth-order valence-corrected chi connectivity index (χ4v) is 4.46. The van der Waals surface area contributed by atoms with Gasteiger partial charge < -0.3 is 4.74 Å². The first-order chi connectivity index (χ1) is 12.9. The summed E-state index contributed by atoms with van der Waals surface area (Å²) in [5, 5.41) is 8.99. The summed E-state index contributed by atoms with van der Waals surface area (Å²) in [5.41, 5.74) is 1.30. The van der Waals surface area contributed by atoms with Gasteiger partial charge in [0.25, 0.3) is 0 Å². The Kier molecular flexibility index (Phi) is 5.87. The minimum atomic E-state index is -3.77. The van der Waals surface area contributed by atoms with Gasteiger partial charge in [0.15, 0.2) is 0 Å². The van der Waals surface area contributed by atoms with Crippen LogP contribution >= 0.6 is 0 Å². The normalized spacial score (nSPS) is 21.1. The molecule has 2 heterocycles. The van der Waals surface area contributed by atoms with E-state index in [1.807, 2.05) is 43.4 Å². The summed E-state index contributed by atoms with van der Waals surface area (Å²) < 4.78 is 33.0. The van der Waals surface area contributed by atoms with Crippen LogP contribution in [0, 0.1) is 11.3 Å². The molecule has 0 spiro atoms. The van der Waals surface area contributed by atoms with Crippen molar-refractivity contribution in [3.8, 4) is 6.07 Å². The number of likely N-dealkylation sites (N-methyl/N-ethyl adjacent to an activating group) is 2. The summed E-state index contributed by atoms with van der Waals surface area (Å²) in [6.45, 7) is 1.52. The predicted octanol–water partition coefficient (Wildman–Crippen LogP) is 1.65. The van der Waals surface area contributed by atoms with Crippen molar-refractivity contribution in [1.29, 1.82) is 5.26 Å². The first-order valence-electron chi connectivity index (χ1n) is 8.62. The summed E-state index contributed by atoms with van der Waals surface area (Å²) in [5.74, 6) is 0. The highest BCUT2D eigenvalue weighted by Crippen LogP contribution is 2.29. The van der Waals surface area contributed by atoms with Crippen LogP contribution in [0.1, 0.15) is 17.2 Å². The first kappa shape index (κ1) is 19.5. The Bertz CT molecular complexity index is 927. The van der Waals surface area contributed by atoms with Crippen LogP contribution in [-0.4, -0.2) is 62.5 Å². The van der Waals surface area contributed by atoms with E-state index in [0.29, 0.717) is 6.61 Å². The zero-order valence-electron chi connectivity index (χ0n) is 15.3. The zero-order chi connectivity index (χ0) is 19.4. The lowest BCUT2D eigenvalue weighted by Gasteiger charge is -2.40. The van der Waals surface area contributed by atoms with Crippen LogP contribution in [0.2, 0.25) is 0 Å². The molecule has 1 aromatic heterocycles. The number of ether oxygens (including phenoxy) is 1. The van der Waals surface area contributed by atoms with E-state index in [4.69, 9.17) is 10.00 Å². The molecule has 0 aliphatic carbocycles. The second-order valence-electron chi connectivity index (χ2n) is 6.55. The van der Waals surface area contributed by atoms with Gasteiger partial charge in [-0.1, -0.05) is 30.3 Å². The molecule has 3 rings (SSSR count). The first-order valence-corrected chi connectivity index (χ1v) is 10.1. The Labute approximate surface area is 159 Å². The number of benzene rings is 1. The molecule has 2 atom stereocenters. The lowest BCUT2D eigenvalue weighted by molar-refractivity contribution is -0.0672. The molecular weight excluding hydrogens is 364 g/mol. The number of hydrogen-bond donors (Lipinski definition) is 0. The molecule has 0 amide bonds. The fraction of sp³-hybridized carbons (Fsp3) is 0.368. The third-order valence-corrected chi connectivity index (χ3v) is 6.52. The average molecular weight is 386 g/mol. The lowest BCUT2D eigenvalue weighted by Crippen LogP contribution is -2.48. The van der Waals surface area contributed by atoms with Gasteiger partial charge in [-0.25, -0.2) is 8.42 Å². The average Bonchev–Trinajstić information content (AvgIpc) is 2.68. The van der Waals surface area contributed by atoms with Crippen LogP contribution in [-0.2, 0) is 14.8 Å². The molecule has 0 saturated carbocycles. The predicted molar refractivity (Wildman–Crippen MR) is 100 cm³/mol. The minimum absolute atomic E-state index is 0.00414. The molecule has 1 aromatic carbocycles. The Morgan fingerprint density at radius 2 is 2.07 bits per heavy atom. The van der Waals surface area contributed by atoms with E-state index in [1.54, 1.807) is 0 Å². The monoisotopic (exact) mass is 386 g/mol. The van der Waals surface area contributed by atoms with E-state index >= 15 is 0 Å².